The minimum atomic E-state index is -4.66. The number of carbonyl (C=O) groups excluding carboxylic acids is 2. The first-order chi connectivity index (χ1) is 27.4. The Morgan fingerprint density at radius 1 is 0.649 bits per heavy atom. The molecule has 3 atom stereocenters. The lowest BCUT2D eigenvalue weighted by Crippen LogP contribution is -2.37. The molecule has 0 bridgehead atoms. The minimum absolute atomic E-state index is 0.0588. The monoisotopic (exact) mass is 820 g/mol. The molecule has 0 saturated carbocycles. The number of phosphoric acid groups is 1. The van der Waals surface area contributed by atoms with Crippen LogP contribution in [0.3, 0.4) is 0 Å². The number of allylic oxidation sites excluding steroid dienone is 13. The molecular weight excluding hydrogens is 741 g/mol. The molecule has 0 heterocycles. The Labute approximate surface area is 346 Å². The van der Waals surface area contributed by atoms with Crippen molar-refractivity contribution < 1.29 is 47.2 Å². The minimum Gasteiger partial charge on any atom is -0.756 e. The summed E-state index contributed by atoms with van der Waals surface area (Å²) in [5, 5.41) is 9.90. The summed E-state index contributed by atoms with van der Waals surface area (Å²) in [6.07, 6.45) is 43.7. The van der Waals surface area contributed by atoms with E-state index in [1.165, 1.54) is 19.3 Å². The van der Waals surface area contributed by atoms with Crippen LogP contribution in [0.25, 0.3) is 0 Å². The van der Waals surface area contributed by atoms with Crippen molar-refractivity contribution in [3.63, 3.8) is 0 Å². The first kappa shape index (κ1) is 54.2. The summed E-state index contributed by atoms with van der Waals surface area (Å²) in [4.78, 5) is 37.5. The molecule has 0 radical (unpaired) electrons. The zero-order valence-electron chi connectivity index (χ0n) is 36.1. The summed E-state index contributed by atoms with van der Waals surface area (Å²) in [5.41, 5.74) is 0. The number of esters is 2. The zero-order valence-corrected chi connectivity index (χ0v) is 37.0. The van der Waals surface area contributed by atoms with E-state index in [9.17, 15) is 24.2 Å². The van der Waals surface area contributed by atoms with Gasteiger partial charge in [-0.15, -0.1) is 0 Å². The lowest BCUT2D eigenvalue weighted by molar-refractivity contribution is -0.870. The molecule has 10 nitrogen and oxygen atoms in total. The van der Waals surface area contributed by atoms with Crippen molar-refractivity contribution in [3.05, 3.63) is 85.1 Å². The summed E-state index contributed by atoms with van der Waals surface area (Å²) in [6.45, 7) is 3.92. The van der Waals surface area contributed by atoms with Crippen LogP contribution in [-0.4, -0.2) is 81.2 Å². The number of ether oxygens (including phenoxy) is 2. The number of aliphatic hydroxyl groups is 1. The second kappa shape index (κ2) is 37.4. The number of quaternary nitrogens is 1. The first-order valence-electron chi connectivity index (χ1n) is 21.4. The van der Waals surface area contributed by atoms with Gasteiger partial charge in [-0.1, -0.05) is 131 Å². The van der Waals surface area contributed by atoms with Gasteiger partial charge in [0.05, 0.1) is 33.9 Å². The van der Waals surface area contributed by atoms with Gasteiger partial charge in [-0.25, -0.2) is 0 Å². The highest BCUT2D eigenvalue weighted by Gasteiger charge is 2.21. The summed E-state index contributed by atoms with van der Waals surface area (Å²) in [6, 6.07) is 0. The van der Waals surface area contributed by atoms with Crippen molar-refractivity contribution in [2.45, 2.75) is 148 Å². The van der Waals surface area contributed by atoms with E-state index in [4.69, 9.17) is 18.5 Å². The maximum atomic E-state index is 12.6. The Kier molecular flexibility index (Phi) is 35.6. The van der Waals surface area contributed by atoms with Gasteiger partial charge in [0.25, 0.3) is 7.82 Å². The Morgan fingerprint density at radius 2 is 1.18 bits per heavy atom. The van der Waals surface area contributed by atoms with Crippen LogP contribution in [0.4, 0.5) is 0 Å². The van der Waals surface area contributed by atoms with Gasteiger partial charge in [0.1, 0.15) is 19.8 Å². The molecule has 57 heavy (non-hydrogen) atoms. The van der Waals surface area contributed by atoms with Gasteiger partial charge in [-0.3, -0.25) is 14.2 Å². The van der Waals surface area contributed by atoms with Gasteiger partial charge in [0.15, 0.2) is 6.10 Å². The summed E-state index contributed by atoms with van der Waals surface area (Å²) in [7, 11) is 1.07. The molecule has 1 N–H and O–H groups in total. The fraction of sp³-hybridized carbons (Fsp3) is 0.652. The van der Waals surface area contributed by atoms with E-state index in [0.717, 1.165) is 70.6 Å². The van der Waals surface area contributed by atoms with Crippen molar-refractivity contribution in [1.82, 2.24) is 0 Å². The van der Waals surface area contributed by atoms with Crippen LogP contribution < -0.4 is 4.89 Å². The van der Waals surface area contributed by atoms with Crippen LogP contribution in [0.1, 0.15) is 136 Å². The van der Waals surface area contributed by atoms with E-state index in [-0.39, 0.29) is 32.2 Å². The number of nitrogens with zero attached hydrogens (tertiary/aromatic N) is 1. The normalized spacial score (nSPS) is 15.0. The maximum absolute atomic E-state index is 12.6. The summed E-state index contributed by atoms with van der Waals surface area (Å²) in [5.74, 6) is -0.982. The number of carbonyl (C=O) groups is 2. The largest absolute Gasteiger partial charge is 0.756 e. The first-order valence-corrected chi connectivity index (χ1v) is 22.9. The molecule has 0 spiro atoms. The topological polar surface area (TPSA) is 131 Å². The third kappa shape index (κ3) is 41.1. The molecule has 0 amide bonds. The fourth-order valence-corrected chi connectivity index (χ4v) is 5.78. The average molecular weight is 820 g/mol. The number of rotatable bonds is 37. The summed E-state index contributed by atoms with van der Waals surface area (Å²) < 4.78 is 33.7. The van der Waals surface area contributed by atoms with Gasteiger partial charge in [-0.2, -0.15) is 0 Å². The van der Waals surface area contributed by atoms with Gasteiger partial charge in [0, 0.05) is 12.8 Å². The number of aliphatic hydroxyl groups excluding tert-OH is 1. The lowest BCUT2D eigenvalue weighted by atomic mass is 10.1. The number of hydrogen-bond acceptors (Lipinski definition) is 9. The van der Waals surface area contributed by atoms with E-state index in [2.05, 4.69) is 62.5 Å². The highest BCUT2D eigenvalue weighted by atomic mass is 31.2. The average Bonchev–Trinajstić information content (AvgIpc) is 3.15. The molecule has 326 valence electrons. The molecule has 0 aromatic carbocycles. The smallest absolute Gasteiger partial charge is 0.306 e. The van der Waals surface area contributed by atoms with Gasteiger partial charge in [0.2, 0.25) is 0 Å². The van der Waals surface area contributed by atoms with Gasteiger partial charge >= 0.3 is 11.9 Å². The van der Waals surface area contributed by atoms with Crippen LogP contribution in [0, 0.1) is 0 Å². The predicted octanol–water partition coefficient (Wildman–Crippen LogP) is 10.4. The van der Waals surface area contributed by atoms with Crippen molar-refractivity contribution in [3.8, 4) is 0 Å². The Morgan fingerprint density at radius 3 is 1.77 bits per heavy atom. The maximum Gasteiger partial charge on any atom is 0.306 e. The van der Waals surface area contributed by atoms with Crippen LogP contribution in [0.2, 0.25) is 0 Å². The van der Waals surface area contributed by atoms with Crippen LogP contribution >= 0.6 is 7.82 Å². The van der Waals surface area contributed by atoms with Crippen LogP contribution in [-0.2, 0) is 32.7 Å². The Balaban J connectivity index is 4.60. The molecule has 1 unspecified atom stereocenters. The van der Waals surface area contributed by atoms with E-state index in [0.29, 0.717) is 30.3 Å². The predicted molar refractivity (Wildman–Crippen MR) is 232 cm³/mol. The zero-order chi connectivity index (χ0) is 42.3. The van der Waals surface area contributed by atoms with Crippen molar-refractivity contribution in [2.24, 2.45) is 0 Å². The molecule has 0 saturated heterocycles. The van der Waals surface area contributed by atoms with Crippen LogP contribution in [0.5, 0.6) is 0 Å². The molecule has 0 rings (SSSR count). The highest BCUT2D eigenvalue weighted by molar-refractivity contribution is 7.45. The second-order valence-corrected chi connectivity index (χ2v) is 16.6. The molecule has 0 aliphatic heterocycles. The number of likely N-dealkylation sites (N-methyl/N-ethyl adjacent to an activating group) is 1. The van der Waals surface area contributed by atoms with E-state index in [1.807, 2.05) is 57.6 Å². The number of phosphoric ester groups is 1. The van der Waals surface area contributed by atoms with E-state index >= 15 is 0 Å². The number of hydrogen-bond donors (Lipinski definition) is 1. The highest BCUT2D eigenvalue weighted by Crippen LogP contribution is 2.38. The Bertz CT molecular complexity index is 1260. The van der Waals surface area contributed by atoms with Crippen molar-refractivity contribution in [2.75, 3.05) is 47.5 Å². The van der Waals surface area contributed by atoms with Crippen LogP contribution in [0.15, 0.2) is 85.1 Å². The van der Waals surface area contributed by atoms with Gasteiger partial charge in [-0.05, 0) is 77.0 Å². The quantitative estimate of drug-likeness (QED) is 0.0162. The molecule has 0 aromatic rings. The third-order valence-electron chi connectivity index (χ3n) is 8.49. The third-order valence-corrected chi connectivity index (χ3v) is 9.46. The SMILES string of the molecule is CCCCC/C=C\C/C=C\C/C=C\CCCCC(=O)O[C@H](COC(=O)CCC/C=C\C/C=C\C/C=C\C=C\[C@H](O)CCCCC)COP(=O)([O-])OCC[N+](C)(C)C. The molecule has 0 aliphatic carbocycles. The summed E-state index contributed by atoms with van der Waals surface area (Å²) >= 11 is 0. The van der Waals surface area contributed by atoms with Crippen molar-refractivity contribution in [1.29, 1.82) is 0 Å². The second-order valence-electron chi connectivity index (χ2n) is 15.2. The molecule has 0 aromatic heterocycles. The number of unbranched alkanes of at least 4 members (excludes halogenated alkanes) is 8. The lowest BCUT2D eigenvalue weighted by Gasteiger charge is -2.28. The van der Waals surface area contributed by atoms with Gasteiger partial charge < -0.3 is 33.0 Å². The Hall–Kier alpha value is -2.85. The molecule has 0 aliphatic rings. The molecule has 11 heteroatoms. The molecule has 0 fully saturated rings. The fourth-order valence-electron chi connectivity index (χ4n) is 5.06. The van der Waals surface area contributed by atoms with E-state index < -0.39 is 32.5 Å². The standard InChI is InChI=1S/C46H78NO9P/c1-6-8-10-11-12-13-14-15-16-17-20-24-27-30-34-38-46(50)56-44(42-55-57(51,52)54-40-39-47(3,4)5)41-53-45(49)37-33-29-26-23-21-18-19-22-25-28-32-36-43(48)35-31-9-7-2/h12-13,15-16,18-20,23-26,28,32,36,43-44,48H,6-11,14,17,21-22,27,29-31,33-35,37-42H2,1-5H3/b13-12-,16-15-,19-18-,24-20-,26-23-,28-25-,36-32+/t43-,44-/m1/s1. The molecular formula is C46H78NO9P. The van der Waals surface area contributed by atoms with Crippen molar-refractivity contribution >= 4 is 19.8 Å². The van der Waals surface area contributed by atoms with E-state index in [1.54, 1.807) is 0 Å².